The van der Waals surface area contributed by atoms with Crippen molar-refractivity contribution in [1.29, 1.82) is 0 Å². The van der Waals surface area contributed by atoms with Gasteiger partial charge in [0.05, 0.1) is 29.9 Å². The summed E-state index contributed by atoms with van der Waals surface area (Å²) in [5.41, 5.74) is 5.83. The maximum atomic E-state index is 12.6. The van der Waals surface area contributed by atoms with Gasteiger partial charge < -0.3 is 15.0 Å². The normalized spacial score (nSPS) is 11.7. The third-order valence-corrected chi connectivity index (χ3v) is 4.94. The Morgan fingerprint density at radius 1 is 1.30 bits per heavy atom. The predicted octanol–water partition coefficient (Wildman–Crippen LogP) is 1.66. The molecule has 2 heterocycles. The fourth-order valence-electron chi connectivity index (χ4n) is 2.55. The standard InChI is InChI=1S/C17H19N5O4S/c1-10(2)26-15-4-11-6-19-7-14(12(11)5-13(15)17(18)23)21-27(24,25)16-8-22(3)9-20-16/h4-10,21H,1-3H3,(H2,18,23). The fraction of sp³-hybridized carbons (Fsp3) is 0.235. The molecule has 0 fully saturated rings. The zero-order valence-electron chi connectivity index (χ0n) is 15.0. The summed E-state index contributed by atoms with van der Waals surface area (Å²) >= 11 is 0. The number of fused-ring (bicyclic) bond motifs is 1. The minimum Gasteiger partial charge on any atom is -0.490 e. The van der Waals surface area contributed by atoms with Crippen molar-refractivity contribution in [2.45, 2.75) is 25.0 Å². The lowest BCUT2D eigenvalue weighted by atomic mass is 10.1. The lowest BCUT2D eigenvalue weighted by Gasteiger charge is -2.15. The highest BCUT2D eigenvalue weighted by molar-refractivity contribution is 7.92. The molecule has 0 aliphatic carbocycles. The van der Waals surface area contributed by atoms with Gasteiger partial charge >= 0.3 is 0 Å². The van der Waals surface area contributed by atoms with Crippen molar-refractivity contribution < 1.29 is 17.9 Å². The van der Waals surface area contributed by atoms with Crippen LogP contribution in [0.5, 0.6) is 5.75 Å². The Morgan fingerprint density at radius 3 is 2.63 bits per heavy atom. The molecule has 0 aliphatic rings. The molecule has 0 saturated carbocycles. The number of imidazole rings is 1. The van der Waals surface area contributed by atoms with Gasteiger partial charge in [-0.05, 0) is 26.0 Å². The van der Waals surface area contributed by atoms with Crippen molar-refractivity contribution in [2.75, 3.05) is 4.72 Å². The molecule has 2 aromatic heterocycles. The van der Waals surface area contributed by atoms with Crippen LogP contribution >= 0.6 is 0 Å². The average molecular weight is 389 g/mol. The van der Waals surface area contributed by atoms with Gasteiger partial charge in [-0.2, -0.15) is 8.42 Å². The monoisotopic (exact) mass is 389 g/mol. The van der Waals surface area contributed by atoms with Gasteiger partial charge in [0, 0.05) is 30.2 Å². The number of carbonyl (C=O) groups excluding carboxylic acids is 1. The van der Waals surface area contributed by atoms with E-state index in [1.54, 1.807) is 19.3 Å². The molecule has 0 radical (unpaired) electrons. The van der Waals surface area contributed by atoms with E-state index < -0.39 is 15.9 Å². The number of benzene rings is 1. The third-order valence-electron chi connectivity index (χ3n) is 3.69. The van der Waals surface area contributed by atoms with E-state index >= 15 is 0 Å². The smallest absolute Gasteiger partial charge is 0.281 e. The summed E-state index contributed by atoms with van der Waals surface area (Å²) in [7, 11) is -2.25. The molecule has 10 heteroatoms. The molecule has 0 aliphatic heterocycles. The lowest BCUT2D eigenvalue weighted by molar-refractivity contribution is 0.0995. The van der Waals surface area contributed by atoms with Gasteiger partial charge in [-0.25, -0.2) is 4.98 Å². The van der Waals surface area contributed by atoms with Crippen LogP contribution in [-0.2, 0) is 17.1 Å². The molecule has 0 spiro atoms. The molecule has 9 nitrogen and oxygen atoms in total. The van der Waals surface area contributed by atoms with Crippen LogP contribution in [0.25, 0.3) is 10.8 Å². The second-order valence-electron chi connectivity index (χ2n) is 6.27. The number of aryl methyl sites for hydroxylation is 1. The molecule has 1 amide bonds. The summed E-state index contributed by atoms with van der Waals surface area (Å²) < 4.78 is 34.7. The van der Waals surface area contributed by atoms with E-state index in [4.69, 9.17) is 10.5 Å². The first-order valence-corrected chi connectivity index (χ1v) is 9.54. The Morgan fingerprint density at radius 2 is 2.04 bits per heavy atom. The topological polar surface area (TPSA) is 129 Å². The van der Waals surface area contributed by atoms with Crippen LogP contribution in [0.3, 0.4) is 0 Å². The highest BCUT2D eigenvalue weighted by Gasteiger charge is 2.20. The molecule has 27 heavy (non-hydrogen) atoms. The highest BCUT2D eigenvalue weighted by atomic mass is 32.2. The van der Waals surface area contributed by atoms with Gasteiger partial charge in [0.2, 0.25) is 0 Å². The van der Waals surface area contributed by atoms with E-state index in [0.29, 0.717) is 16.5 Å². The van der Waals surface area contributed by atoms with Crippen molar-refractivity contribution in [3.8, 4) is 5.75 Å². The van der Waals surface area contributed by atoms with Gasteiger partial charge in [-0.15, -0.1) is 0 Å². The molecule has 0 unspecified atom stereocenters. The fourth-order valence-corrected chi connectivity index (χ4v) is 3.59. The van der Waals surface area contributed by atoms with Crippen LogP contribution in [-0.4, -0.2) is 35.0 Å². The number of aromatic nitrogens is 3. The number of anilines is 1. The summed E-state index contributed by atoms with van der Waals surface area (Å²) in [5, 5.41) is 0.933. The number of nitrogens with zero attached hydrogens (tertiary/aromatic N) is 3. The zero-order valence-corrected chi connectivity index (χ0v) is 15.8. The van der Waals surface area contributed by atoms with E-state index in [1.807, 2.05) is 13.8 Å². The number of ether oxygens (including phenoxy) is 1. The minimum absolute atomic E-state index is 0.128. The zero-order chi connectivity index (χ0) is 19.8. The summed E-state index contributed by atoms with van der Waals surface area (Å²) in [6.07, 6.45) is 5.50. The van der Waals surface area contributed by atoms with E-state index in [1.165, 1.54) is 29.4 Å². The number of sulfonamides is 1. The summed E-state index contributed by atoms with van der Waals surface area (Å²) in [4.78, 5) is 19.8. The Labute approximate surface area is 156 Å². The highest BCUT2D eigenvalue weighted by Crippen LogP contribution is 2.31. The Balaban J connectivity index is 2.11. The number of nitrogens with two attached hydrogens (primary N) is 1. The van der Waals surface area contributed by atoms with E-state index in [-0.39, 0.29) is 22.4 Å². The molecule has 1 aromatic carbocycles. The summed E-state index contributed by atoms with van der Waals surface area (Å²) in [5.74, 6) is -0.362. The first kappa shape index (κ1) is 18.6. The van der Waals surface area contributed by atoms with Crippen molar-refractivity contribution in [3.63, 3.8) is 0 Å². The maximum Gasteiger partial charge on any atom is 0.281 e. The van der Waals surface area contributed by atoms with Crippen molar-refractivity contribution in [1.82, 2.24) is 14.5 Å². The number of rotatable bonds is 6. The molecule has 3 aromatic rings. The van der Waals surface area contributed by atoms with Crippen LogP contribution in [0.4, 0.5) is 5.69 Å². The number of carbonyl (C=O) groups is 1. The van der Waals surface area contributed by atoms with Gasteiger partial charge in [0.25, 0.3) is 15.9 Å². The van der Waals surface area contributed by atoms with Crippen LogP contribution in [0.2, 0.25) is 0 Å². The number of primary amides is 1. The first-order valence-electron chi connectivity index (χ1n) is 8.06. The summed E-state index contributed by atoms with van der Waals surface area (Å²) in [6.45, 7) is 3.65. The van der Waals surface area contributed by atoms with Crippen LogP contribution in [0, 0.1) is 0 Å². The van der Waals surface area contributed by atoms with Crippen molar-refractivity contribution >= 4 is 32.4 Å². The minimum atomic E-state index is -3.92. The SMILES string of the molecule is CC(C)Oc1cc2cncc(NS(=O)(=O)c3cn(C)cn3)c2cc1C(N)=O. The number of amides is 1. The lowest BCUT2D eigenvalue weighted by Crippen LogP contribution is -2.16. The van der Waals surface area contributed by atoms with E-state index in [2.05, 4.69) is 14.7 Å². The van der Waals surface area contributed by atoms with E-state index in [9.17, 15) is 13.2 Å². The molecular weight excluding hydrogens is 370 g/mol. The van der Waals surface area contributed by atoms with Crippen LogP contribution < -0.4 is 15.2 Å². The Bertz CT molecular complexity index is 1120. The van der Waals surface area contributed by atoms with Gasteiger partial charge in [0.15, 0.2) is 5.03 Å². The number of hydrogen-bond acceptors (Lipinski definition) is 6. The third kappa shape index (κ3) is 3.85. The molecule has 3 rings (SSSR count). The van der Waals surface area contributed by atoms with Crippen LogP contribution in [0.1, 0.15) is 24.2 Å². The number of hydrogen-bond donors (Lipinski definition) is 2. The second-order valence-corrected chi connectivity index (χ2v) is 7.90. The quantitative estimate of drug-likeness (QED) is 0.659. The number of nitrogens with one attached hydrogen (secondary N) is 1. The van der Waals surface area contributed by atoms with Crippen LogP contribution in [0.15, 0.2) is 42.1 Å². The molecule has 0 atom stereocenters. The largest absolute Gasteiger partial charge is 0.490 e. The summed E-state index contributed by atoms with van der Waals surface area (Å²) in [6, 6.07) is 3.11. The van der Waals surface area contributed by atoms with Crippen molar-refractivity contribution in [3.05, 3.63) is 42.6 Å². The molecule has 142 valence electrons. The van der Waals surface area contributed by atoms with E-state index in [0.717, 1.165) is 0 Å². The maximum absolute atomic E-state index is 12.6. The van der Waals surface area contributed by atoms with Gasteiger partial charge in [-0.3, -0.25) is 14.5 Å². The van der Waals surface area contributed by atoms with Gasteiger partial charge in [-0.1, -0.05) is 0 Å². The molecule has 3 N–H and O–H groups in total. The first-order chi connectivity index (χ1) is 12.7. The van der Waals surface area contributed by atoms with Crippen molar-refractivity contribution in [2.24, 2.45) is 12.8 Å². The molecule has 0 saturated heterocycles. The Kier molecular flexibility index (Phi) is 4.75. The molecular formula is C17H19N5O4S. The number of pyridine rings is 1. The second kappa shape index (κ2) is 6.88. The average Bonchev–Trinajstić information content (AvgIpc) is 3.01. The Hall–Kier alpha value is -3.14. The molecule has 0 bridgehead atoms. The predicted molar refractivity (Wildman–Crippen MR) is 100 cm³/mol. The van der Waals surface area contributed by atoms with Gasteiger partial charge in [0.1, 0.15) is 5.75 Å².